The van der Waals surface area contributed by atoms with Gasteiger partial charge >= 0.3 is 5.97 Å². The lowest BCUT2D eigenvalue weighted by Gasteiger charge is -2.39. The second-order valence-corrected chi connectivity index (χ2v) is 9.43. The van der Waals surface area contributed by atoms with Gasteiger partial charge in [-0.1, -0.05) is 42.0 Å². The number of nitrogens with zero attached hydrogens (tertiary/aromatic N) is 5. The molecule has 2 N–H and O–H groups in total. The van der Waals surface area contributed by atoms with E-state index in [0.29, 0.717) is 49.1 Å². The number of hydrogen-bond donors (Lipinski definition) is 1. The zero-order chi connectivity index (χ0) is 25.7. The monoisotopic (exact) mass is 528 g/mol. The second-order valence-electron chi connectivity index (χ2n) is 8.72. The Kier molecular flexibility index (Phi) is 8.28. The number of anilines is 1. The van der Waals surface area contributed by atoms with Gasteiger partial charge in [-0.3, -0.25) is 4.79 Å². The Labute approximate surface area is 221 Å². The fraction of sp³-hybridized carbons (Fsp3) is 0.385. The van der Waals surface area contributed by atoms with Crippen molar-refractivity contribution in [2.75, 3.05) is 31.0 Å². The standard InChI is InChI=1S/C26H30Cl2N6O2/c1-3-18(8-7-13-27)34-16-21-22(32-23(34)19-9-5-4-6-10-20(19)28)24(31-17-30-21)33-14-11-26(29,12-15-33)25(35)36-2/h3-4,6-10,17H,5,11-16,29H2,1-2H3/b8-7-,18-3+. The molecule has 0 aromatic carbocycles. The number of piperidine rings is 1. The van der Waals surface area contributed by atoms with E-state index in [-0.39, 0.29) is 5.97 Å². The average Bonchev–Trinajstić information content (AvgIpc) is 3.12. The molecule has 0 atom stereocenters. The topological polar surface area (TPSA) is 96.9 Å². The lowest BCUT2D eigenvalue weighted by molar-refractivity contribution is -0.147. The molecule has 1 aromatic heterocycles. The van der Waals surface area contributed by atoms with Gasteiger partial charge in [0.15, 0.2) is 5.82 Å². The molecule has 3 aliphatic rings. The summed E-state index contributed by atoms with van der Waals surface area (Å²) in [7, 11) is 1.37. The lowest BCUT2D eigenvalue weighted by Crippen LogP contribution is -2.56. The Hall–Kier alpha value is -2.94. The number of esters is 1. The van der Waals surface area contributed by atoms with Crippen LogP contribution in [0.25, 0.3) is 0 Å². The number of fused-ring (bicyclic) bond motifs is 1. The molecule has 0 spiro atoms. The molecule has 0 amide bonds. The molecule has 1 saturated heterocycles. The van der Waals surface area contributed by atoms with Crippen LogP contribution in [0.2, 0.25) is 0 Å². The zero-order valence-corrected chi connectivity index (χ0v) is 22.0. The molecule has 0 saturated carbocycles. The Morgan fingerprint density at radius 1 is 1.31 bits per heavy atom. The molecule has 3 heterocycles. The van der Waals surface area contributed by atoms with E-state index in [4.69, 9.17) is 38.7 Å². The highest BCUT2D eigenvalue weighted by Gasteiger charge is 2.40. The van der Waals surface area contributed by atoms with Crippen LogP contribution in [0.3, 0.4) is 0 Å². The molecule has 1 aliphatic carbocycles. The first-order chi connectivity index (χ1) is 17.4. The van der Waals surface area contributed by atoms with Gasteiger partial charge < -0.3 is 20.3 Å². The van der Waals surface area contributed by atoms with Crippen molar-refractivity contribution in [3.05, 3.63) is 70.9 Å². The smallest absolute Gasteiger partial charge is 0.325 e. The fourth-order valence-electron chi connectivity index (χ4n) is 4.51. The third-order valence-corrected chi connectivity index (χ3v) is 7.03. The van der Waals surface area contributed by atoms with Gasteiger partial charge in [-0.25, -0.2) is 15.0 Å². The van der Waals surface area contributed by atoms with Gasteiger partial charge in [0.05, 0.1) is 24.4 Å². The maximum Gasteiger partial charge on any atom is 0.325 e. The summed E-state index contributed by atoms with van der Waals surface area (Å²) < 4.78 is 4.91. The van der Waals surface area contributed by atoms with Crippen LogP contribution in [0, 0.1) is 0 Å². The van der Waals surface area contributed by atoms with Crippen LogP contribution in [0.1, 0.15) is 31.9 Å². The number of halogens is 2. The molecule has 0 unspecified atom stereocenters. The quantitative estimate of drug-likeness (QED) is 0.329. The summed E-state index contributed by atoms with van der Waals surface area (Å²) in [6.07, 6.45) is 17.0. The lowest BCUT2D eigenvalue weighted by atomic mass is 9.88. The molecule has 8 nitrogen and oxygen atoms in total. The number of nitrogens with two attached hydrogens (primary N) is 1. The van der Waals surface area contributed by atoms with Crippen molar-refractivity contribution in [1.82, 2.24) is 14.9 Å². The molecule has 1 fully saturated rings. The fourth-order valence-corrected chi connectivity index (χ4v) is 4.83. The summed E-state index contributed by atoms with van der Waals surface area (Å²) in [4.78, 5) is 30.6. The van der Waals surface area contributed by atoms with Gasteiger partial charge in [-0.05, 0) is 38.3 Å². The zero-order valence-electron chi connectivity index (χ0n) is 20.5. The van der Waals surface area contributed by atoms with Crippen LogP contribution in [-0.4, -0.2) is 58.3 Å². The highest BCUT2D eigenvalue weighted by molar-refractivity contribution is 6.36. The van der Waals surface area contributed by atoms with Crippen molar-refractivity contribution in [2.24, 2.45) is 10.7 Å². The van der Waals surface area contributed by atoms with E-state index in [1.165, 1.54) is 7.11 Å². The van der Waals surface area contributed by atoms with Crippen molar-refractivity contribution in [1.29, 1.82) is 0 Å². The first-order valence-electron chi connectivity index (χ1n) is 11.9. The SMILES string of the molecule is C/C=C(\C=C/CCl)N1Cc2ncnc(N3CCC(N)(C(=O)OC)CC3)c2N=C1C1=CCC=CC=C1Cl. The summed E-state index contributed by atoms with van der Waals surface area (Å²) in [5, 5.41) is 0.607. The van der Waals surface area contributed by atoms with Crippen LogP contribution in [0.5, 0.6) is 0 Å². The molecule has 0 radical (unpaired) electrons. The summed E-state index contributed by atoms with van der Waals surface area (Å²) in [6.45, 7) is 3.56. The number of rotatable bonds is 6. The van der Waals surface area contributed by atoms with Crippen LogP contribution in [-0.2, 0) is 16.1 Å². The van der Waals surface area contributed by atoms with Crippen molar-refractivity contribution in [3.8, 4) is 0 Å². The number of aromatic nitrogens is 2. The summed E-state index contributed by atoms with van der Waals surface area (Å²) in [5.74, 6) is 1.45. The van der Waals surface area contributed by atoms with Gasteiger partial charge in [-0.2, -0.15) is 0 Å². The normalized spacial score (nSPS) is 19.9. The van der Waals surface area contributed by atoms with E-state index in [1.807, 2.05) is 43.4 Å². The van der Waals surface area contributed by atoms with Gasteiger partial charge in [-0.15, -0.1) is 11.6 Å². The predicted octanol–water partition coefficient (Wildman–Crippen LogP) is 4.50. The second kappa shape index (κ2) is 11.4. The van der Waals surface area contributed by atoms with Gasteiger partial charge in [0.1, 0.15) is 23.4 Å². The third-order valence-electron chi connectivity index (χ3n) is 6.53. The van der Waals surface area contributed by atoms with Crippen molar-refractivity contribution in [3.63, 3.8) is 0 Å². The number of allylic oxidation sites excluding steroid dienone is 7. The van der Waals surface area contributed by atoms with Crippen molar-refractivity contribution >= 4 is 46.5 Å². The Morgan fingerprint density at radius 3 is 2.78 bits per heavy atom. The number of ether oxygens (including phenoxy) is 1. The van der Waals surface area contributed by atoms with Crippen LogP contribution in [0.15, 0.2) is 70.2 Å². The number of hydrogen-bond acceptors (Lipinski definition) is 8. The molecule has 1 aromatic rings. The highest BCUT2D eigenvalue weighted by atomic mass is 35.5. The molecule has 10 heteroatoms. The van der Waals surface area contributed by atoms with E-state index in [2.05, 4.69) is 25.8 Å². The molecule has 2 aliphatic heterocycles. The maximum atomic E-state index is 12.2. The minimum absolute atomic E-state index is 0.387. The molecule has 36 heavy (non-hydrogen) atoms. The Bertz CT molecular complexity index is 1190. The molecular formula is C26H30Cl2N6O2. The molecule has 4 rings (SSSR count). The molecule has 190 valence electrons. The Balaban J connectivity index is 1.76. The number of methoxy groups -OCH3 is 1. The first-order valence-corrected chi connectivity index (χ1v) is 12.8. The van der Waals surface area contributed by atoms with Gasteiger partial charge in [0.2, 0.25) is 0 Å². The van der Waals surface area contributed by atoms with Crippen molar-refractivity contribution < 1.29 is 9.53 Å². The first kappa shape index (κ1) is 26.1. The minimum atomic E-state index is -0.990. The summed E-state index contributed by atoms with van der Waals surface area (Å²) >= 11 is 12.6. The average molecular weight is 529 g/mol. The predicted molar refractivity (Wildman–Crippen MR) is 144 cm³/mol. The maximum absolute atomic E-state index is 12.2. The minimum Gasteiger partial charge on any atom is -0.468 e. The largest absolute Gasteiger partial charge is 0.468 e. The number of alkyl halides is 1. The number of aliphatic imine (C=N–C) groups is 1. The van der Waals surface area contributed by atoms with E-state index in [0.717, 1.165) is 35.0 Å². The molecule has 0 bridgehead atoms. The van der Waals surface area contributed by atoms with E-state index in [9.17, 15) is 4.79 Å². The van der Waals surface area contributed by atoms with Crippen molar-refractivity contribution in [2.45, 2.75) is 38.3 Å². The number of carbonyl (C=O) groups excluding carboxylic acids is 1. The van der Waals surface area contributed by atoms with Gasteiger partial charge in [0, 0.05) is 30.2 Å². The summed E-state index contributed by atoms with van der Waals surface area (Å²) in [5.41, 5.74) is 8.61. The summed E-state index contributed by atoms with van der Waals surface area (Å²) in [6, 6.07) is 0. The van der Waals surface area contributed by atoms with Crippen LogP contribution >= 0.6 is 23.2 Å². The third kappa shape index (κ3) is 5.26. The van der Waals surface area contributed by atoms with Crippen LogP contribution < -0.4 is 10.6 Å². The van der Waals surface area contributed by atoms with E-state index >= 15 is 0 Å². The highest BCUT2D eigenvalue weighted by Crippen LogP contribution is 2.39. The van der Waals surface area contributed by atoms with Crippen LogP contribution in [0.4, 0.5) is 11.5 Å². The molecular weight excluding hydrogens is 499 g/mol. The Morgan fingerprint density at radius 2 is 2.08 bits per heavy atom. The number of amidine groups is 1. The number of carbonyl (C=O) groups is 1. The van der Waals surface area contributed by atoms with E-state index < -0.39 is 5.54 Å². The van der Waals surface area contributed by atoms with E-state index in [1.54, 1.807) is 6.33 Å². The van der Waals surface area contributed by atoms with Gasteiger partial charge in [0.25, 0.3) is 0 Å².